The normalized spacial score (nSPS) is 12.2. The number of nitrogens with one attached hydrogen (secondary N) is 1. The highest BCUT2D eigenvalue weighted by molar-refractivity contribution is 5.66. The molecule has 2 nitrogen and oxygen atoms in total. The highest BCUT2D eigenvalue weighted by Gasteiger charge is 2.13. The molecule has 0 aliphatic heterocycles. The van der Waals surface area contributed by atoms with Crippen LogP contribution in [0.25, 0.3) is 0 Å². The number of aryl methyl sites for hydroxylation is 1. The van der Waals surface area contributed by atoms with E-state index < -0.39 is 0 Å². The highest BCUT2D eigenvalue weighted by Crippen LogP contribution is 2.30. The molecular formula is C18H24N2. The van der Waals surface area contributed by atoms with Gasteiger partial charge in [0.25, 0.3) is 0 Å². The second kappa shape index (κ2) is 6.58. The van der Waals surface area contributed by atoms with E-state index in [0.29, 0.717) is 6.04 Å². The molecular weight excluding hydrogens is 244 g/mol. The molecule has 0 spiro atoms. The van der Waals surface area contributed by atoms with Gasteiger partial charge in [0.2, 0.25) is 0 Å². The zero-order valence-electron chi connectivity index (χ0n) is 12.9. The lowest BCUT2D eigenvalue weighted by Crippen LogP contribution is -2.21. The first kappa shape index (κ1) is 14.6. The minimum atomic E-state index is 0.351. The zero-order valence-corrected chi connectivity index (χ0v) is 12.9. The van der Waals surface area contributed by atoms with Crippen molar-refractivity contribution in [2.45, 2.75) is 26.8 Å². The quantitative estimate of drug-likeness (QED) is 0.862. The van der Waals surface area contributed by atoms with Gasteiger partial charge in [-0.3, -0.25) is 0 Å². The molecule has 2 heteroatoms. The van der Waals surface area contributed by atoms with E-state index in [0.717, 1.165) is 6.54 Å². The number of benzene rings is 2. The fourth-order valence-electron chi connectivity index (χ4n) is 2.48. The van der Waals surface area contributed by atoms with Crippen LogP contribution in [0.3, 0.4) is 0 Å². The summed E-state index contributed by atoms with van der Waals surface area (Å²) in [5.74, 6) is 0. The SMILES string of the molecule is CCNC(C)c1ccccc1N(C)c1ccc(C)cc1. The molecule has 20 heavy (non-hydrogen) atoms. The summed E-state index contributed by atoms with van der Waals surface area (Å²) in [5.41, 5.74) is 5.09. The second-order valence-electron chi connectivity index (χ2n) is 5.23. The first-order valence-corrected chi connectivity index (χ1v) is 7.26. The van der Waals surface area contributed by atoms with Crippen LogP contribution in [0.2, 0.25) is 0 Å². The predicted molar refractivity (Wildman–Crippen MR) is 87.8 cm³/mol. The molecule has 0 aliphatic rings. The van der Waals surface area contributed by atoms with Crippen molar-refractivity contribution in [3.05, 3.63) is 59.7 Å². The van der Waals surface area contributed by atoms with Crippen molar-refractivity contribution >= 4 is 11.4 Å². The van der Waals surface area contributed by atoms with E-state index in [9.17, 15) is 0 Å². The van der Waals surface area contributed by atoms with Crippen LogP contribution >= 0.6 is 0 Å². The average Bonchev–Trinajstić information content (AvgIpc) is 2.47. The number of hydrogen-bond acceptors (Lipinski definition) is 2. The standard InChI is InChI=1S/C18H24N2/c1-5-19-15(3)17-8-6-7-9-18(17)20(4)16-12-10-14(2)11-13-16/h6-13,15,19H,5H2,1-4H3. The van der Waals surface area contributed by atoms with Gasteiger partial charge in [-0.1, -0.05) is 42.8 Å². The van der Waals surface area contributed by atoms with E-state index in [1.54, 1.807) is 0 Å². The number of rotatable bonds is 5. The fraction of sp³-hybridized carbons (Fsp3) is 0.333. The van der Waals surface area contributed by atoms with E-state index in [1.807, 2.05) is 0 Å². The Morgan fingerprint density at radius 1 is 1.05 bits per heavy atom. The number of hydrogen-bond donors (Lipinski definition) is 1. The van der Waals surface area contributed by atoms with Crippen LogP contribution in [0.1, 0.15) is 31.0 Å². The monoisotopic (exact) mass is 268 g/mol. The van der Waals surface area contributed by atoms with Gasteiger partial charge in [0.05, 0.1) is 0 Å². The van der Waals surface area contributed by atoms with Crippen molar-refractivity contribution in [1.82, 2.24) is 5.32 Å². The Kier molecular flexibility index (Phi) is 4.80. The smallest absolute Gasteiger partial charge is 0.0456 e. The van der Waals surface area contributed by atoms with E-state index >= 15 is 0 Å². The van der Waals surface area contributed by atoms with Crippen molar-refractivity contribution < 1.29 is 0 Å². The fourth-order valence-corrected chi connectivity index (χ4v) is 2.48. The molecule has 0 aliphatic carbocycles. The van der Waals surface area contributed by atoms with Gasteiger partial charge in [-0.25, -0.2) is 0 Å². The molecule has 2 aromatic carbocycles. The molecule has 0 saturated carbocycles. The molecule has 0 saturated heterocycles. The molecule has 0 bridgehead atoms. The van der Waals surface area contributed by atoms with Crippen molar-refractivity contribution in [2.24, 2.45) is 0 Å². The topological polar surface area (TPSA) is 15.3 Å². The largest absolute Gasteiger partial charge is 0.344 e. The predicted octanol–water partition coefficient (Wildman–Crippen LogP) is 4.43. The molecule has 0 amide bonds. The molecule has 2 rings (SSSR count). The third-order valence-corrected chi connectivity index (χ3v) is 3.70. The maximum Gasteiger partial charge on any atom is 0.0456 e. The minimum Gasteiger partial charge on any atom is -0.344 e. The van der Waals surface area contributed by atoms with Crippen molar-refractivity contribution in [1.29, 1.82) is 0 Å². The van der Waals surface area contributed by atoms with Crippen LogP contribution in [0.4, 0.5) is 11.4 Å². The van der Waals surface area contributed by atoms with E-state index in [4.69, 9.17) is 0 Å². The Bertz CT molecular complexity index is 546. The van der Waals surface area contributed by atoms with E-state index in [2.05, 4.69) is 86.6 Å². The molecule has 106 valence electrons. The molecule has 1 N–H and O–H groups in total. The first-order valence-electron chi connectivity index (χ1n) is 7.26. The van der Waals surface area contributed by atoms with Gasteiger partial charge in [0.1, 0.15) is 0 Å². The number of anilines is 2. The molecule has 0 fully saturated rings. The van der Waals surface area contributed by atoms with E-state index in [1.165, 1.54) is 22.5 Å². The molecule has 1 unspecified atom stereocenters. The lowest BCUT2D eigenvalue weighted by molar-refractivity contribution is 0.598. The molecule has 0 aromatic heterocycles. The average molecular weight is 268 g/mol. The Labute approximate surface area is 122 Å². The lowest BCUT2D eigenvalue weighted by Gasteiger charge is -2.25. The van der Waals surface area contributed by atoms with Crippen LogP contribution in [0, 0.1) is 6.92 Å². The molecule has 0 radical (unpaired) electrons. The maximum absolute atomic E-state index is 3.49. The maximum atomic E-state index is 3.49. The van der Waals surface area contributed by atoms with Gasteiger partial charge in [-0.05, 0) is 44.2 Å². The Balaban J connectivity index is 2.34. The van der Waals surface area contributed by atoms with Crippen LogP contribution in [-0.2, 0) is 0 Å². The Morgan fingerprint density at radius 2 is 1.70 bits per heavy atom. The Morgan fingerprint density at radius 3 is 2.35 bits per heavy atom. The zero-order chi connectivity index (χ0) is 14.5. The summed E-state index contributed by atoms with van der Waals surface area (Å²) < 4.78 is 0. The summed E-state index contributed by atoms with van der Waals surface area (Å²) in [5, 5.41) is 3.49. The van der Waals surface area contributed by atoms with Gasteiger partial charge >= 0.3 is 0 Å². The molecule has 2 aromatic rings. The highest BCUT2D eigenvalue weighted by atomic mass is 15.1. The summed E-state index contributed by atoms with van der Waals surface area (Å²) in [6, 6.07) is 17.6. The van der Waals surface area contributed by atoms with Crippen molar-refractivity contribution in [3.8, 4) is 0 Å². The van der Waals surface area contributed by atoms with Gasteiger partial charge in [0.15, 0.2) is 0 Å². The minimum absolute atomic E-state index is 0.351. The first-order chi connectivity index (χ1) is 9.63. The Hall–Kier alpha value is -1.80. The van der Waals surface area contributed by atoms with Crippen molar-refractivity contribution in [3.63, 3.8) is 0 Å². The summed E-state index contributed by atoms with van der Waals surface area (Å²) in [7, 11) is 2.13. The lowest BCUT2D eigenvalue weighted by atomic mass is 10.0. The van der Waals surface area contributed by atoms with Crippen LogP contribution in [-0.4, -0.2) is 13.6 Å². The number of para-hydroxylation sites is 1. The van der Waals surface area contributed by atoms with Gasteiger partial charge in [-0.15, -0.1) is 0 Å². The van der Waals surface area contributed by atoms with Gasteiger partial charge in [-0.2, -0.15) is 0 Å². The van der Waals surface area contributed by atoms with Crippen LogP contribution in [0.5, 0.6) is 0 Å². The summed E-state index contributed by atoms with van der Waals surface area (Å²) in [6.45, 7) is 7.45. The third-order valence-electron chi connectivity index (χ3n) is 3.70. The second-order valence-corrected chi connectivity index (χ2v) is 5.23. The summed E-state index contributed by atoms with van der Waals surface area (Å²) >= 11 is 0. The number of nitrogens with zero attached hydrogens (tertiary/aromatic N) is 1. The van der Waals surface area contributed by atoms with Gasteiger partial charge < -0.3 is 10.2 Å². The third kappa shape index (κ3) is 3.20. The van der Waals surface area contributed by atoms with Gasteiger partial charge in [0, 0.05) is 24.5 Å². The summed E-state index contributed by atoms with van der Waals surface area (Å²) in [6.07, 6.45) is 0. The van der Waals surface area contributed by atoms with Crippen LogP contribution in [0.15, 0.2) is 48.5 Å². The van der Waals surface area contributed by atoms with Crippen LogP contribution < -0.4 is 10.2 Å². The van der Waals surface area contributed by atoms with E-state index in [-0.39, 0.29) is 0 Å². The molecule has 1 atom stereocenters. The van der Waals surface area contributed by atoms with Crippen molar-refractivity contribution in [2.75, 3.05) is 18.5 Å². The summed E-state index contributed by atoms with van der Waals surface area (Å²) in [4.78, 5) is 2.25. The molecule has 0 heterocycles.